The number of hydrogen-bond donors (Lipinski definition) is 1. The van der Waals surface area contributed by atoms with Gasteiger partial charge in [0.1, 0.15) is 0 Å². The fourth-order valence-electron chi connectivity index (χ4n) is 1.71. The summed E-state index contributed by atoms with van der Waals surface area (Å²) in [5, 5.41) is 10.1. The van der Waals surface area contributed by atoms with E-state index in [2.05, 4.69) is 4.98 Å². The highest BCUT2D eigenvalue weighted by Gasteiger charge is 2.09. The second-order valence-corrected chi connectivity index (χ2v) is 3.90. The first kappa shape index (κ1) is 10.8. The van der Waals surface area contributed by atoms with E-state index >= 15 is 0 Å². The number of pyridine rings is 1. The summed E-state index contributed by atoms with van der Waals surface area (Å²) in [6.45, 7) is 2.01. The van der Waals surface area contributed by atoms with Crippen molar-refractivity contribution >= 4 is 0 Å². The molecule has 2 aromatic rings. The lowest BCUT2D eigenvalue weighted by Gasteiger charge is -2.11. The van der Waals surface area contributed by atoms with Gasteiger partial charge in [0, 0.05) is 18.3 Å². The zero-order chi connectivity index (χ0) is 11.4. The van der Waals surface area contributed by atoms with Crippen molar-refractivity contribution in [2.24, 2.45) is 0 Å². The van der Waals surface area contributed by atoms with Crippen molar-refractivity contribution in [3.05, 3.63) is 65.5 Å². The predicted octanol–water partition coefficient (Wildman–Crippen LogP) is 2.67. The topological polar surface area (TPSA) is 33.1 Å². The van der Waals surface area contributed by atoms with Gasteiger partial charge in [-0.3, -0.25) is 4.98 Å². The Morgan fingerprint density at radius 1 is 1.12 bits per heavy atom. The van der Waals surface area contributed by atoms with Crippen LogP contribution in [-0.2, 0) is 6.42 Å². The highest BCUT2D eigenvalue weighted by molar-refractivity contribution is 5.23. The van der Waals surface area contributed by atoms with E-state index in [1.54, 1.807) is 6.20 Å². The van der Waals surface area contributed by atoms with Crippen LogP contribution in [0.1, 0.15) is 22.9 Å². The lowest BCUT2D eigenvalue weighted by molar-refractivity contribution is 0.177. The summed E-state index contributed by atoms with van der Waals surface area (Å²) in [5.74, 6) is 0. The molecule has 0 saturated heterocycles. The Morgan fingerprint density at radius 2 is 1.88 bits per heavy atom. The maximum atomic E-state index is 10.1. The third-order valence-corrected chi connectivity index (χ3v) is 2.69. The first-order valence-electron chi connectivity index (χ1n) is 5.41. The zero-order valence-electron chi connectivity index (χ0n) is 9.30. The fraction of sp³-hybridized carbons (Fsp3) is 0.214. The minimum atomic E-state index is -0.477. The minimum Gasteiger partial charge on any atom is -0.388 e. The van der Waals surface area contributed by atoms with Crippen molar-refractivity contribution in [1.29, 1.82) is 0 Å². The van der Waals surface area contributed by atoms with E-state index in [1.807, 2.05) is 49.4 Å². The quantitative estimate of drug-likeness (QED) is 0.850. The average Bonchev–Trinajstić information content (AvgIpc) is 2.33. The standard InChI is InChI=1S/C14H15NO/c1-11-6-5-9-15-13(11)10-14(16)12-7-3-2-4-8-12/h2-9,14,16H,10H2,1H3/t14-/m1/s1. The monoisotopic (exact) mass is 213 g/mol. The molecule has 0 unspecified atom stereocenters. The molecule has 0 saturated carbocycles. The first-order valence-corrected chi connectivity index (χ1v) is 5.41. The molecule has 0 spiro atoms. The molecular weight excluding hydrogens is 198 g/mol. The van der Waals surface area contributed by atoms with Crippen molar-refractivity contribution in [1.82, 2.24) is 4.98 Å². The van der Waals surface area contributed by atoms with Crippen molar-refractivity contribution < 1.29 is 5.11 Å². The highest BCUT2D eigenvalue weighted by Crippen LogP contribution is 2.18. The predicted molar refractivity (Wildman–Crippen MR) is 64.1 cm³/mol. The summed E-state index contributed by atoms with van der Waals surface area (Å²) >= 11 is 0. The van der Waals surface area contributed by atoms with Crippen LogP contribution in [0.25, 0.3) is 0 Å². The van der Waals surface area contributed by atoms with E-state index in [4.69, 9.17) is 0 Å². The summed E-state index contributed by atoms with van der Waals surface area (Å²) < 4.78 is 0. The average molecular weight is 213 g/mol. The van der Waals surface area contributed by atoms with Crippen LogP contribution >= 0.6 is 0 Å². The molecule has 0 bridgehead atoms. The Hall–Kier alpha value is -1.67. The van der Waals surface area contributed by atoms with Crippen LogP contribution in [-0.4, -0.2) is 10.1 Å². The van der Waals surface area contributed by atoms with E-state index in [-0.39, 0.29) is 0 Å². The van der Waals surface area contributed by atoms with Crippen LogP contribution in [0.4, 0.5) is 0 Å². The van der Waals surface area contributed by atoms with Gasteiger partial charge >= 0.3 is 0 Å². The number of hydrogen-bond acceptors (Lipinski definition) is 2. The van der Waals surface area contributed by atoms with Gasteiger partial charge in [-0.25, -0.2) is 0 Å². The van der Waals surface area contributed by atoms with Crippen LogP contribution in [0.5, 0.6) is 0 Å². The normalized spacial score (nSPS) is 12.4. The molecule has 1 atom stereocenters. The van der Waals surface area contributed by atoms with Crippen LogP contribution in [0, 0.1) is 6.92 Å². The second kappa shape index (κ2) is 4.90. The number of benzene rings is 1. The molecule has 0 fully saturated rings. The third-order valence-electron chi connectivity index (χ3n) is 2.69. The molecule has 0 amide bonds. The molecule has 2 nitrogen and oxygen atoms in total. The van der Waals surface area contributed by atoms with Gasteiger partial charge in [0.15, 0.2) is 0 Å². The van der Waals surface area contributed by atoms with E-state index < -0.39 is 6.10 Å². The first-order chi connectivity index (χ1) is 7.77. The number of aliphatic hydroxyl groups is 1. The van der Waals surface area contributed by atoms with Gasteiger partial charge in [-0.1, -0.05) is 36.4 Å². The lowest BCUT2D eigenvalue weighted by atomic mass is 10.0. The fourth-order valence-corrected chi connectivity index (χ4v) is 1.71. The van der Waals surface area contributed by atoms with E-state index in [9.17, 15) is 5.11 Å². The molecule has 0 aliphatic heterocycles. The zero-order valence-corrected chi connectivity index (χ0v) is 9.30. The number of nitrogens with zero attached hydrogens (tertiary/aromatic N) is 1. The third kappa shape index (κ3) is 2.47. The molecular formula is C14H15NO. The molecule has 2 heteroatoms. The minimum absolute atomic E-state index is 0.477. The molecule has 0 radical (unpaired) electrons. The molecule has 0 aliphatic rings. The van der Waals surface area contributed by atoms with Gasteiger partial charge in [0.2, 0.25) is 0 Å². The summed E-state index contributed by atoms with van der Waals surface area (Å²) in [4.78, 5) is 4.28. The van der Waals surface area contributed by atoms with Gasteiger partial charge < -0.3 is 5.11 Å². The Labute approximate surface area is 95.6 Å². The summed E-state index contributed by atoms with van der Waals surface area (Å²) in [6, 6.07) is 13.6. The number of aryl methyl sites for hydroxylation is 1. The Balaban J connectivity index is 2.14. The van der Waals surface area contributed by atoms with E-state index in [1.165, 1.54) is 0 Å². The van der Waals surface area contributed by atoms with Crippen LogP contribution in [0.3, 0.4) is 0 Å². The molecule has 82 valence electrons. The van der Waals surface area contributed by atoms with Crippen molar-refractivity contribution in [2.45, 2.75) is 19.4 Å². The van der Waals surface area contributed by atoms with Crippen LogP contribution in [0.15, 0.2) is 48.7 Å². The van der Waals surface area contributed by atoms with E-state index in [0.717, 1.165) is 16.8 Å². The number of aliphatic hydroxyl groups excluding tert-OH is 1. The van der Waals surface area contributed by atoms with Gasteiger partial charge in [-0.05, 0) is 24.1 Å². The summed E-state index contributed by atoms with van der Waals surface area (Å²) in [5.41, 5.74) is 3.02. The molecule has 16 heavy (non-hydrogen) atoms. The van der Waals surface area contributed by atoms with Gasteiger partial charge in [0.25, 0.3) is 0 Å². The smallest absolute Gasteiger partial charge is 0.0845 e. The van der Waals surface area contributed by atoms with Gasteiger partial charge in [-0.2, -0.15) is 0 Å². The summed E-state index contributed by atoms with van der Waals surface area (Å²) in [7, 11) is 0. The Kier molecular flexibility index (Phi) is 3.32. The SMILES string of the molecule is Cc1cccnc1C[C@@H](O)c1ccccc1. The molecule has 0 aliphatic carbocycles. The van der Waals surface area contributed by atoms with Crippen LogP contribution in [0.2, 0.25) is 0 Å². The molecule has 2 rings (SSSR count). The Morgan fingerprint density at radius 3 is 2.56 bits per heavy atom. The van der Waals surface area contributed by atoms with E-state index in [0.29, 0.717) is 6.42 Å². The summed E-state index contributed by atoms with van der Waals surface area (Å²) in [6.07, 6.45) is 1.85. The Bertz CT molecular complexity index is 453. The van der Waals surface area contributed by atoms with Crippen molar-refractivity contribution in [3.63, 3.8) is 0 Å². The number of aromatic nitrogens is 1. The number of rotatable bonds is 3. The van der Waals surface area contributed by atoms with Crippen molar-refractivity contribution in [2.75, 3.05) is 0 Å². The largest absolute Gasteiger partial charge is 0.388 e. The van der Waals surface area contributed by atoms with Gasteiger partial charge in [-0.15, -0.1) is 0 Å². The maximum absolute atomic E-state index is 10.1. The molecule has 1 N–H and O–H groups in total. The molecule has 1 aromatic carbocycles. The second-order valence-electron chi connectivity index (χ2n) is 3.90. The lowest BCUT2D eigenvalue weighted by Crippen LogP contribution is -2.04. The highest BCUT2D eigenvalue weighted by atomic mass is 16.3. The van der Waals surface area contributed by atoms with Crippen molar-refractivity contribution in [3.8, 4) is 0 Å². The maximum Gasteiger partial charge on any atom is 0.0845 e. The van der Waals surface area contributed by atoms with Gasteiger partial charge in [0.05, 0.1) is 6.10 Å². The molecule has 1 aromatic heterocycles. The molecule has 1 heterocycles. The van der Waals surface area contributed by atoms with Crippen LogP contribution < -0.4 is 0 Å².